The summed E-state index contributed by atoms with van der Waals surface area (Å²) in [7, 11) is 0. The fourth-order valence-corrected chi connectivity index (χ4v) is 6.73. The topological polar surface area (TPSA) is 9.86 Å². The maximum atomic E-state index is 2.43. The van der Waals surface area contributed by atoms with Crippen LogP contribution in [0.25, 0.3) is 64.5 Å². The van der Waals surface area contributed by atoms with Crippen molar-refractivity contribution in [2.45, 2.75) is 26.9 Å². The molecule has 0 aliphatic rings. The summed E-state index contributed by atoms with van der Waals surface area (Å²) in [6.45, 7) is 6.39. The summed E-state index contributed by atoms with van der Waals surface area (Å²) in [6.07, 6.45) is 0. The second-order valence-corrected chi connectivity index (χ2v) is 10.2. The van der Waals surface area contributed by atoms with Gasteiger partial charge in [-0.15, -0.1) is 11.3 Å². The zero-order valence-corrected chi connectivity index (χ0v) is 20.8. The van der Waals surface area contributed by atoms with Crippen LogP contribution in [0, 0.1) is 0 Å². The molecule has 0 fully saturated rings. The van der Waals surface area contributed by atoms with Crippen LogP contribution < -0.4 is 0 Å². The number of benzene rings is 4. The number of aryl methyl sites for hydroxylation is 2. The van der Waals surface area contributed by atoms with E-state index in [0.29, 0.717) is 0 Å². The van der Waals surface area contributed by atoms with Gasteiger partial charge in [-0.1, -0.05) is 60.7 Å². The number of nitrogens with zero attached hydrogens (tertiary/aromatic N) is 2. The van der Waals surface area contributed by atoms with Crippen molar-refractivity contribution in [3.05, 3.63) is 97.1 Å². The standard InChI is InChI=1S/C32H26N2S/c1-3-33-27-11-7-5-9-23(27)25-15-13-21(19-29(25)33)31-17-18-32(35-31)22-14-16-26-24-10-6-8-12-28(24)34(4-2)30(26)20-22/h5-20H,3-4H2,1-2H3. The highest BCUT2D eigenvalue weighted by Crippen LogP contribution is 2.39. The Morgan fingerprint density at radius 3 is 1.37 bits per heavy atom. The molecular weight excluding hydrogens is 444 g/mol. The quantitative estimate of drug-likeness (QED) is 0.242. The third-order valence-electron chi connectivity index (χ3n) is 7.35. The molecule has 7 aromatic rings. The monoisotopic (exact) mass is 470 g/mol. The van der Waals surface area contributed by atoms with E-state index >= 15 is 0 Å². The van der Waals surface area contributed by atoms with Gasteiger partial charge in [0, 0.05) is 66.5 Å². The summed E-state index contributed by atoms with van der Waals surface area (Å²) in [6, 6.07) is 35.9. The Bertz CT molecular complexity index is 1740. The SMILES string of the molecule is CCn1c2ccccc2c2ccc(-c3ccc(-c4ccc5c6ccccc6n(CC)c5c4)s3)cc21. The van der Waals surface area contributed by atoms with Gasteiger partial charge in [0.1, 0.15) is 0 Å². The third-order valence-corrected chi connectivity index (χ3v) is 8.54. The van der Waals surface area contributed by atoms with E-state index in [2.05, 4.69) is 120 Å². The Labute approximate surface area is 208 Å². The van der Waals surface area contributed by atoms with Crippen molar-refractivity contribution in [2.24, 2.45) is 0 Å². The molecule has 0 saturated heterocycles. The van der Waals surface area contributed by atoms with E-state index in [-0.39, 0.29) is 0 Å². The molecule has 35 heavy (non-hydrogen) atoms. The van der Waals surface area contributed by atoms with Gasteiger partial charge in [0.15, 0.2) is 0 Å². The van der Waals surface area contributed by atoms with E-state index < -0.39 is 0 Å². The molecular formula is C32H26N2S. The van der Waals surface area contributed by atoms with Crippen molar-refractivity contribution in [2.75, 3.05) is 0 Å². The first kappa shape index (κ1) is 20.5. The molecule has 0 N–H and O–H groups in total. The lowest BCUT2D eigenvalue weighted by Crippen LogP contribution is -1.92. The van der Waals surface area contributed by atoms with Crippen LogP contribution in [0.15, 0.2) is 97.1 Å². The Morgan fingerprint density at radius 1 is 0.486 bits per heavy atom. The Hall–Kier alpha value is -3.82. The molecule has 0 bridgehead atoms. The second-order valence-electron chi connectivity index (χ2n) is 9.15. The minimum atomic E-state index is 0.967. The van der Waals surface area contributed by atoms with Gasteiger partial charge in [0.25, 0.3) is 0 Å². The number of hydrogen-bond acceptors (Lipinski definition) is 1. The van der Waals surface area contributed by atoms with Gasteiger partial charge < -0.3 is 9.13 Å². The lowest BCUT2D eigenvalue weighted by molar-refractivity contribution is 0.827. The van der Waals surface area contributed by atoms with Crippen LogP contribution in [-0.4, -0.2) is 9.13 Å². The summed E-state index contributed by atoms with van der Waals surface area (Å²) in [5.41, 5.74) is 7.83. The molecule has 0 atom stereocenters. The van der Waals surface area contributed by atoms with Crippen molar-refractivity contribution in [1.29, 1.82) is 0 Å². The lowest BCUT2D eigenvalue weighted by Gasteiger charge is -2.05. The molecule has 3 aromatic heterocycles. The van der Waals surface area contributed by atoms with Crippen LogP contribution in [0.2, 0.25) is 0 Å². The van der Waals surface area contributed by atoms with Crippen molar-refractivity contribution >= 4 is 54.9 Å². The van der Waals surface area contributed by atoms with Crippen LogP contribution in [-0.2, 0) is 13.1 Å². The molecule has 0 amide bonds. The highest BCUT2D eigenvalue weighted by atomic mass is 32.1. The number of rotatable bonds is 4. The zero-order chi connectivity index (χ0) is 23.5. The predicted octanol–water partition coefficient (Wildman–Crippen LogP) is 9.34. The van der Waals surface area contributed by atoms with E-state index in [1.807, 2.05) is 11.3 Å². The average Bonchev–Trinajstić information content (AvgIpc) is 3.60. The van der Waals surface area contributed by atoms with Gasteiger partial charge in [-0.05, 0) is 61.4 Å². The van der Waals surface area contributed by atoms with E-state index in [9.17, 15) is 0 Å². The molecule has 4 aromatic carbocycles. The van der Waals surface area contributed by atoms with Gasteiger partial charge in [0.05, 0.1) is 0 Å². The summed E-state index contributed by atoms with van der Waals surface area (Å²) in [4.78, 5) is 2.62. The molecule has 0 saturated carbocycles. The van der Waals surface area contributed by atoms with Gasteiger partial charge >= 0.3 is 0 Å². The first-order chi connectivity index (χ1) is 17.3. The van der Waals surface area contributed by atoms with Crippen LogP contribution in [0.3, 0.4) is 0 Å². The largest absolute Gasteiger partial charge is 0.341 e. The number of fused-ring (bicyclic) bond motifs is 6. The first-order valence-corrected chi connectivity index (χ1v) is 13.2. The van der Waals surface area contributed by atoms with Crippen LogP contribution in [0.4, 0.5) is 0 Å². The molecule has 3 heterocycles. The Kier molecular flexibility index (Phi) is 4.61. The molecule has 3 heteroatoms. The van der Waals surface area contributed by atoms with Crippen LogP contribution in [0.5, 0.6) is 0 Å². The second kappa shape index (κ2) is 7.86. The molecule has 0 unspecified atom stereocenters. The van der Waals surface area contributed by atoms with Crippen molar-refractivity contribution < 1.29 is 0 Å². The van der Waals surface area contributed by atoms with Crippen molar-refractivity contribution in [3.63, 3.8) is 0 Å². The van der Waals surface area contributed by atoms with Gasteiger partial charge in [-0.25, -0.2) is 0 Å². The number of aromatic nitrogens is 2. The van der Waals surface area contributed by atoms with Crippen LogP contribution in [0.1, 0.15) is 13.8 Å². The summed E-state index contributed by atoms with van der Waals surface area (Å²) in [5, 5.41) is 5.34. The minimum Gasteiger partial charge on any atom is -0.341 e. The maximum Gasteiger partial charge on any atom is 0.0497 e. The highest BCUT2D eigenvalue weighted by molar-refractivity contribution is 7.18. The molecule has 0 spiro atoms. The smallest absolute Gasteiger partial charge is 0.0497 e. The van der Waals surface area contributed by atoms with E-state index in [1.54, 1.807) is 0 Å². The van der Waals surface area contributed by atoms with E-state index in [4.69, 9.17) is 0 Å². The van der Waals surface area contributed by atoms with E-state index in [1.165, 1.54) is 64.5 Å². The van der Waals surface area contributed by atoms with E-state index in [0.717, 1.165) is 13.1 Å². The molecule has 2 nitrogen and oxygen atoms in total. The Morgan fingerprint density at radius 2 is 0.914 bits per heavy atom. The number of hydrogen-bond donors (Lipinski definition) is 0. The molecule has 7 rings (SSSR count). The third kappa shape index (κ3) is 3.01. The summed E-state index contributed by atoms with van der Waals surface area (Å²) in [5.74, 6) is 0. The number of para-hydroxylation sites is 2. The van der Waals surface area contributed by atoms with Gasteiger partial charge in [0.2, 0.25) is 0 Å². The number of thiophene rings is 1. The average molecular weight is 471 g/mol. The highest BCUT2D eigenvalue weighted by Gasteiger charge is 2.14. The van der Waals surface area contributed by atoms with Crippen molar-refractivity contribution in [1.82, 2.24) is 9.13 Å². The Balaban J connectivity index is 1.34. The molecule has 0 radical (unpaired) electrons. The normalized spacial score (nSPS) is 11.9. The maximum absolute atomic E-state index is 2.43. The fourth-order valence-electron chi connectivity index (χ4n) is 5.73. The molecule has 0 aliphatic heterocycles. The van der Waals surface area contributed by atoms with Gasteiger partial charge in [-0.2, -0.15) is 0 Å². The molecule has 170 valence electrons. The zero-order valence-electron chi connectivity index (χ0n) is 20.0. The van der Waals surface area contributed by atoms with Gasteiger partial charge in [-0.3, -0.25) is 0 Å². The van der Waals surface area contributed by atoms with Crippen molar-refractivity contribution in [3.8, 4) is 20.9 Å². The predicted molar refractivity (Wildman–Crippen MR) is 153 cm³/mol. The van der Waals surface area contributed by atoms with Crippen LogP contribution >= 0.6 is 11.3 Å². The first-order valence-electron chi connectivity index (χ1n) is 12.4. The summed E-state index contributed by atoms with van der Waals surface area (Å²) >= 11 is 1.88. The fraction of sp³-hybridized carbons (Fsp3) is 0.125. The minimum absolute atomic E-state index is 0.967. The molecule has 0 aliphatic carbocycles. The summed E-state index contributed by atoms with van der Waals surface area (Å²) < 4.78 is 4.86. The lowest BCUT2D eigenvalue weighted by atomic mass is 10.1.